The second-order valence-corrected chi connectivity index (χ2v) is 3.74. The van der Waals surface area contributed by atoms with Crippen molar-refractivity contribution in [2.75, 3.05) is 0 Å². The largest absolute Gasteiger partial charge is 0.489 e. The van der Waals surface area contributed by atoms with Crippen LogP contribution in [0.25, 0.3) is 0 Å². The third kappa shape index (κ3) is 2.72. The van der Waals surface area contributed by atoms with Crippen molar-refractivity contribution in [3.8, 4) is 0 Å². The highest BCUT2D eigenvalue weighted by Crippen LogP contribution is 2.27. The van der Waals surface area contributed by atoms with Gasteiger partial charge in [0.25, 0.3) is 0 Å². The van der Waals surface area contributed by atoms with Crippen molar-refractivity contribution in [1.82, 2.24) is 0 Å². The van der Waals surface area contributed by atoms with Crippen LogP contribution < -0.4 is 0 Å². The number of allylic oxidation sites excluding steroid dienone is 1. The molecule has 0 fully saturated rings. The van der Waals surface area contributed by atoms with E-state index in [0.29, 0.717) is 0 Å². The number of ketones is 1. The molecule has 0 spiro atoms. The van der Waals surface area contributed by atoms with Gasteiger partial charge in [0.15, 0.2) is 0 Å². The summed E-state index contributed by atoms with van der Waals surface area (Å²) >= 11 is 0. The average Bonchev–Trinajstić information content (AvgIpc) is 2.32. The number of rotatable bonds is 2. The maximum atomic E-state index is 11.7. The van der Waals surface area contributed by atoms with Crippen molar-refractivity contribution in [3.05, 3.63) is 47.9 Å². The van der Waals surface area contributed by atoms with Gasteiger partial charge in [-0.05, 0) is 5.56 Å². The molecule has 0 radical (unpaired) electrons. The molecule has 1 heterocycles. The van der Waals surface area contributed by atoms with E-state index >= 15 is 0 Å². The fourth-order valence-corrected chi connectivity index (χ4v) is 1.63. The Morgan fingerprint density at radius 3 is 2.65 bits per heavy atom. The maximum Gasteiger partial charge on any atom is 0.308 e. The Hall–Kier alpha value is -2.10. The van der Waals surface area contributed by atoms with E-state index in [9.17, 15) is 9.59 Å². The second-order valence-electron chi connectivity index (χ2n) is 3.74. The molecular formula is C13H12O4. The zero-order chi connectivity index (χ0) is 12.3. The Bertz CT molecular complexity index is 462. The molecule has 2 rings (SSSR count). The van der Waals surface area contributed by atoms with Crippen LogP contribution >= 0.6 is 0 Å². The highest BCUT2D eigenvalue weighted by molar-refractivity contribution is 5.96. The fraction of sp³-hybridized carbons (Fsp3) is 0.231. The lowest BCUT2D eigenvalue weighted by Crippen LogP contribution is -2.19. The standard InChI is InChI=1S/C13H12O4/c1-9(14)17-13-8-16-12(7-11(13)15)10-5-3-2-4-6-10/h2-6,8,12H,7H2,1H3/t12-/m1/s1. The number of esters is 1. The first kappa shape index (κ1) is 11.4. The van der Waals surface area contributed by atoms with E-state index in [1.165, 1.54) is 13.2 Å². The van der Waals surface area contributed by atoms with E-state index in [-0.39, 0.29) is 24.1 Å². The summed E-state index contributed by atoms with van der Waals surface area (Å²) in [6.07, 6.45) is 1.09. The minimum absolute atomic E-state index is 0.0234. The van der Waals surface area contributed by atoms with E-state index in [1.54, 1.807) is 0 Å². The summed E-state index contributed by atoms with van der Waals surface area (Å²) in [5.41, 5.74) is 0.930. The smallest absolute Gasteiger partial charge is 0.308 e. The maximum absolute atomic E-state index is 11.7. The lowest BCUT2D eigenvalue weighted by atomic mass is 10.0. The number of Topliss-reactive ketones (excluding diaryl/α,β-unsaturated/α-hetero) is 1. The van der Waals surface area contributed by atoms with Crippen molar-refractivity contribution in [3.63, 3.8) is 0 Å². The minimum Gasteiger partial charge on any atom is -0.489 e. The number of hydrogen-bond acceptors (Lipinski definition) is 4. The molecule has 88 valence electrons. The first-order chi connectivity index (χ1) is 8.16. The summed E-state index contributed by atoms with van der Waals surface area (Å²) in [7, 11) is 0. The number of ether oxygens (including phenoxy) is 2. The topological polar surface area (TPSA) is 52.6 Å². The molecule has 1 atom stereocenters. The van der Waals surface area contributed by atoms with Crippen LogP contribution in [0.5, 0.6) is 0 Å². The molecule has 0 aromatic heterocycles. The van der Waals surface area contributed by atoms with Crippen LogP contribution in [-0.2, 0) is 19.1 Å². The van der Waals surface area contributed by atoms with Crippen LogP contribution in [0.1, 0.15) is 25.0 Å². The molecule has 0 N–H and O–H groups in total. The summed E-state index contributed by atoms with van der Waals surface area (Å²) in [6, 6.07) is 9.45. The van der Waals surface area contributed by atoms with E-state index in [1.807, 2.05) is 30.3 Å². The molecule has 4 heteroatoms. The number of carbonyl (C=O) groups excluding carboxylic acids is 2. The Labute approximate surface area is 98.8 Å². The molecule has 1 aliphatic rings. The van der Waals surface area contributed by atoms with Gasteiger partial charge >= 0.3 is 5.97 Å². The van der Waals surface area contributed by atoms with Gasteiger partial charge in [0.2, 0.25) is 11.5 Å². The SMILES string of the molecule is CC(=O)OC1=CO[C@@H](c2ccccc2)CC1=O. The zero-order valence-electron chi connectivity index (χ0n) is 9.38. The van der Waals surface area contributed by atoms with Crippen molar-refractivity contribution >= 4 is 11.8 Å². The highest BCUT2D eigenvalue weighted by Gasteiger charge is 2.26. The molecule has 0 saturated heterocycles. The molecule has 0 bridgehead atoms. The van der Waals surface area contributed by atoms with Gasteiger partial charge < -0.3 is 9.47 Å². The van der Waals surface area contributed by atoms with E-state index in [0.717, 1.165) is 5.56 Å². The van der Waals surface area contributed by atoms with E-state index in [4.69, 9.17) is 9.47 Å². The third-order valence-electron chi connectivity index (χ3n) is 2.41. The van der Waals surface area contributed by atoms with Gasteiger partial charge in [-0.2, -0.15) is 0 Å². The van der Waals surface area contributed by atoms with Gasteiger partial charge in [-0.3, -0.25) is 9.59 Å². The number of benzene rings is 1. The van der Waals surface area contributed by atoms with Gasteiger partial charge in [-0.15, -0.1) is 0 Å². The summed E-state index contributed by atoms with van der Waals surface area (Å²) in [6.45, 7) is 1.25. The molecule has 17 heavy (non-hydrogen) atoms. The van der Waals surface area contributed by atoms with Crippen molar-refractivity contribution < 1.29 is 19.1 Å². The molecule has 0 amide bonds. The number of hydrogen-bond donors (Lipinski definition) is 0. The fourth-order valence-electron chi connectivity index (χ4n) is 1.63. The average molecular weight is 232 g/mol. The summed E-state index contributed by atoms with van der Waals surface area (Å²) in [4.78, 5) is 22.4. The molecule has 1 aromatic carbocycles. The van der Waals surface area contributed by atoms with Gasteiger partial charge in [0.1, 0.15) is 12.4 Å². The Kier molecular flexibility index (Phi) is 3.23. The Morgan fingerprint density at radius 2 is 2.06 bits per heavy atom. The van der Waals surface area contributed by atoms with Crippen molar-refractivity contribution in [1.29, 1.82) is 0 Å². The molecule has 1 aliphatic heterocycles. The third-order valence-corrected chi connectivity index (χ3v) is 2.41. The molecule has 0 unspecified atom stereocenters. The molecular weight excluding hydrogens is 220 g/mol. The predicted molar refractivity (Wildman–Crippen MR) is 59.7 cm³/mol. The van der Waals surface area contributed by atoms with Crippen LogP contribution in [0.3, 0.4) is 0 Å². The van der Waals surface area contributed by atoms with Crippen LogP contribution in [0, 0.1) is 0 Å². The van der Waals surface area contributed by atoms with Gasteiger partial charge in [0.05, 0.1) is 6.42 Å². The molecule has 1 aromatic rings. The monoisotopic (exact) mass is 232 g/mol. The summed E-state index contributed by atoms with van der Waals surface area (Å²) in [5.74, 6) is -0.767. The van der Waals surface area contributed by atoms with Crippen LogP contribution in [0.15, 0.2) is 42.4 Å². The van der Waals surface area contributed by atoms with Crippen LogP contribution in [0.4, 0.5) is 0 Å². The van der Waals surface area contributed by atoms with Gasteiger partial charge in [0, 0.05) is 6.92 Å². The molecule has 4 nitrogen and oxygen atoms in total. The van der Waals surface area contributed by atoms with Crippen molar-refractivity contribution in [2.45, 2.75) is 19.4 Å². The van der Waals surface area contributed by atoms with Crippen LogP contribution in [0.2, 0.25) is 0 Å². The predicted octanol–water partition coefficient (Wildman–Crippen LogP) is 2.12. The minimum atomic E-state index is -0.522. The normalized spacial score (nSPS) is 19.2. The van der Waals surface area contributed by atoms with Crippen molar-refractivity contribution in [2.24, 2.45) is 0 Å². The number of carbonyl (C=O) groups is 2. The highest BCUT2D eigenvalue weighted by atomic mass is 16.6. The van der Waals surface area contributed by atoms with Gasteiger partial charge in [-0.25, -0.2) is 0 Å². The zero-order valence-corrected chi connectivity index (χ0v) is 9.38. The quantitative estimate of drug-likeness (QED) is 0.733. The summed E-state index contributed by atoms with van der Waals surface area (Å²) in [5, 5.41) is 0. The molecule has 0 saturated carbocycles. The van der Waals surface area contributed by atoms with Gasteiger partial charge in [-0.1, -0.05) is 30.3 Å². The second kappa shape index (κ2) is 4.82. The first-order valence-electron chi connectivity index (χ1n) is 5.29. The lowest BCUT2D eigenvalue weighted by Gasteiger charge is -2.21. The Morgan fingerprint density at radius 1 is 1.35 bits per heavy atom. The Balaban J connectivity index is 2.11. The molecule has 0 aliphatic carbocycles. The summed E-state index contributed by atoms with van der Waals surface area (Å²) < 4.78 is 10.1. The lowest BCUT2D eigenvalue weighted by molar-refractivity contribution is -0.142. The van der Waals surface area contributed by atoms with Crippen LogP contribution in [-0.4, -0.2) is 11.8 Å². The first-order valence-corrected chi connectivity index (χ1v) is 5.29. The van der Waals surface area contributed by atoms with E-state index in [2.05, 4.69) is 0 Å². The van der Waals surface area contributed by atoms with E-state index < -0.39 is 5.97 Å².